The highest BCUT2D eigenvalue weighted by Crippen LogP contribution is 2.31. The van der Waals surface area contributed by atoms with Gasteiger partial charge in [0.25, 0.3) is 0 Å². The Bertz CT molecular complexity index is 386. The third-order valence-corrected chi connectivity index (χ3v) is 2.54. The highest BCUT2D eigenvalue weighted by Gasteiger charge is 2.26. The number of carbonyl (C=O) groups is 1. The zero-order valence-corrected chi connectivity index (χ0v) is 7.87. The molecule has 1 aromatic carbocycles. The summed E-state index contributed by atoms with van der Waals surface area (Å²) in [6, 6.07) is 7.80. The van der Waals surface area contributed by atoms with E-state index in [0.717, 1.165) is 11.1 Å². The number of allylic oxidation sites excluding steroid dienone is 2. The van der Waals surface area contributed by atoms with Crippen LogP contribution in [0.3, 0.4) is 0 Å². The fourth-order valence-electron chi connectivity index (χ4n) is 1.72. The van der Waals surface area contributed by atoms with Crippen molar-refractivity contribution in [2.24, 2.45) is 0 Å². The second-order valence-electron chi connectivity index (χ2n) is 3.96. The smallest absolute Gasteiger partial charge is 0.185 e. The first kappa shape index (κ1) is 8.24. The summed E-state index contributed by atoms with van der Waals surface area (Å²) in [7, 11) is 0. The molecule has 0 unspecified atom stereocenters. The van der Waals surface area contributed by atoms with E-state index in [0.29, 0.717) is 0 Å². The molecule has 1 aliphatic carbocycles. The van der Waals surface area contributed by atoms with Gasteiger partial charge in [0.15, 0.2) is 5.78 Å². The Labute approximate surface area is 78.1 Å². The van der Waals surface area contributed by atoms with Gasteiger partial charge in [0.2, 0.25) is 0 Å². The van der Waals surface area contributed by atoms with Crippen LogP contribution in [0, 0.1) is 0 Å². The van der Waals surface area contributed by atoms with Gasteiger partial charge in [-0.05, 0) is 11.6 Å². The van der Waals surface area contributed by atoms with Gasteiger partial charge in [-0.2, -0.15) is 0 Å². The summed E-state index contributed by atoms with van der Waals surface area (Å²) in [6.45, 7) is 4.24. The Hall–Kier alpha value is -1.37. The molecule has 1 nitrogen and oxygen atoms in total. The second-order valence-corrected chi connectivity index (χ2v) is 3.96. The molecule has 0 amide bonds. The molecule has 0 saturated carbocycles. The minimum absolute atomic E-state index is 0.00942. The fraction of sp³-hybridized carbons (Fsp3) is 0.250. The van der Waals surface area contributed by atoms with Crippen molar-refractivity contribution >= 4 is 5.78 Å². The molecule has 0 aliphatic heterocycles. The van der Waals surface area contributed by atoms with Gasteiger partial charge in [-0.1, -0.05) is 44.2 Å². The van der Waals surface area contributed by atoms with E-state index in [4.69, 9.17) is 0 Å². The summed E-state index contributed by atoms with van der Waals surface area (Å²) < 4.78 is 0. The molecular weight excluding hydrogens is 160 g/mol. The van der Waals surface area contributed by atoms with E-state index in [1.807, 2.05) is 30.3 Å². The van der Waals surface area contributed by atoms with Gasteiger partial charge in [0.05, 0.1) is 0 Å². The molecular formula is C12H12O. The Morgan fingerprint density at radius 3 is 2.54 bits per heavy atom. The van der Waals surface area contributed by atoms with Gasteiger partial charge in [0.1, 0.15) is 0 Å². The van der Waals surface area contributed by atoms with Crippen LogP contribution >= 0.6 is 0 Å². The van der Waals surface area contributed by atoms with E-state index >= 15 is 0 Å². The molecule has 1 heteroatoms. The Balaban J connectivity index is 2.68. The van der Waals surface area contributed by atoms with E-state index in [1.165, 1.54) is 0 Å². The second kappa shape index (κ2) is 2.56. The zero-order valence-electron chi connectivity index (χ0n) is 7.87. The first-order valence-corrected chi connectivity index (χ1v) is 4.44. The van der Waals surface area contributed by atoms with E-state index in [-0.39, 0.29) is 11.2 Å². The van der Waals surface area contributed by atoms with Crippen LogP contribution in [0.5, 0.6) is 0 Å². The number of ketones is 1. The molecule has 0 bridgehead atoms. The van der Waals surface area contributed by atoms with Gasteiger partial charge in [-0.25, -0.2) is 0 Å². The van der Waals surface area contributed by atoms with Crippen LogP contribution in [0.2, 0.25) is 0 Å². The Morgan fingerprint density at radius 1 is 1.15 bits per heavy atom. The van der Waals surface area contributed by atoms with Crippen LogP contribution in [0.15, 0.2) is 36.4 Å². The summed E-state index contributed by atoms with van der Waals surface area (Å²) in [6.07, 6.45) is 3.64. The van der Waals surface area contributed by atoms with Crippen molar-refractivity contribution in [3.05, 3.63) is 47.5 Å². The molecule has 0 radical (unpaired) electrons. The topological polar surface area (TPSA) is 17.1 Å². The van der Waals surface area contributed by atoms with E-state index in [1.54, 1.807) is 6.08 Å². The van der Waals surface area contributed by atoms with Crippen molar-refractivity contribution in [1.29, 1.82) is 0 Å². The standard InChI is InChI=1S/C12H12O/c1-12(2)8-7-11(13)9-5-3-4-6-10(9)12/h3-8H,1-2H3. The molecule has 1 aromatic rings. The highest BCUT2D eigenvalue weighted by atomic mass is 16.1. The van der Waals surface area contributed by atoms with Crippen molar-refractivity contribution in [3.63, 3.8) is 0 Å². The normalized spacial score (nSPS) is 18.5. The molecule has 1 aliphatic rings. The summed E-state index contributed by atoms with van der Waals surface area (Å²) in [5.74, 6) is 0.120. The number of benzene rings is 1. The Morgan fingerprint density at radius 2 is 1.85 bits per heavy atom. The number of fused-ring (bicyclic) bond motifs is 1. The number of rotatable bonds is 0. The third-order valence-electron chi connectivity index (χ3n) is 2.54. The zero-order chi connectivity index (χ0) is 9.47. The van der Waals surface area contributed by atoms with Crippen molar-refractivity contribution in [3.8, 4) is 0 Å². The van der Waals surface area contributed by atoms with Gasteiger partial charge in [-0.15, -0.1) is 0 Å². The van der Waals surface area contributed by atoms with Crippen LogP contribution in [0.1, 0.15) is 29.8 Å². The molecule has 66 valence electrons. The molecule has 0 heterocycles. The molecule has 2 rings (SSSR count). The van der Waals surface area contributed by atoms with E-state index in [2.05, 4.69) is 13.8 Å². The average Bonchev–Trinajstić information content (AvgIpc) is 2.13. The lowest BCUT2D eigenvalue weighted by Crippen LogP contribution is -2.22. The van der Waals surface area contributed by atoms with E-state index < -0.39 is 0 Å². The average molecular weight is 172 g/mol. The molecule has 0 saturated heterocycles. The van der Waals surface area contributed by atoms with Gasteiger partial charge < -0.3 is 0 Å². The minimum Gasteiger partial charge on any atom is -0.289 e. The summed E-state index contributed by atoms with van der Waals surface area (Å²) >= 11 is 0. The largest absolute Gasteiger partial charge is 0.289 e. The van der Waals surface area contributed by atoms with E-state index in [9.17, 15) is 4.79 Å². The maximum Gasteiger partial charge on any atom is 0.185 e. The lowest BCUT2D eigenvalue weighted by atomic mass is 9.77. The molecule has 13 heavy (non-hydrogen) atoms. The van der Waals surface area contributed by atoms with Crippen LogP contribution in [-0.2, 0) is 5.41 Å². The van der Waals surface area contributed by atoms with Gasteiger partial charge in [-0.3, -0.25) is 4.79 Å². The summed E-state index contributed by atoms with van der Waals surface area (Å²) in [5, 5.41) is 0. The quantitative estimate of drug-likeness (QED) is 0.588. The Kier molecular flexibility index (Phi) is 1.62. The van der Waals surface area contributed by atoms with Gasteiger partial charge >= 0.3 is 0 Å². The first-order chi connectivity index (χ1) is 6.11. The molecule has 0 N–H and O–H groups in total. The minimum atomic E-state index is -0.00942. The van der Waals surface area contributed by atoms with Crippen LogP contribution < -0.4 is 0 Å². The third kappa shape index (κ3) is 1.21. The summed E-state index contributed by atoms with van der Waals surface area (Å²) in [5.41, 5.74) is 1.96. The number of hydrogen-bond acceptors (Lipinski definition) is 1. The van der Waals surface area contributed by atoms with Crippen LogP contribution in [-0.4, -0.2) is 5.78 Å². The van der Waals surface area contributed by atoms with Crippen LogP contribution in [0.25, 0.3) is 0 Å². The maximum atomic E-state index is 11.5. The van der Waals surface area contributed by atoms with Crippen LogP contribution in [0.4, 0.5) is 0 Å². The van der Waals surface area contributed by atoms with Crippen molar-refractivity contribution < 1.29 is 4.79 Å². The fourth-order valence-corrected chi connectivity index (χ4v) is 1.72. The van der Waals surface area contributed by atoms with Crippen molar-refractivity contribution in [2.45, 2.75) is 19.3 Å². The molecule has 0 atom stereocenters. The monoisotopic (exact) mass is 172 g/mol. The number of hydrogen-bond donors (Lipinski definition) is 0. The predicted octanol–water partition coefficient (Wildman–Crippen LogP) is 2.72. The lowest BCUT2D eigenvalue weighted by Gasteiger charge is -2.26. The lowest BCUT2D eigenvalue weighted by molar-refractivity contribution is 0.104. The SMILES string of the molecule is CC1(C)C=CC(=O)c2ccccc21. The van der Waals surface area contributed by atoms with Crippen molar-refractivity contribution in [1.82, 2.24) is 0 Å². The molecule has 0 fully saturated rings. The van der Waals surface area contributed by atoms with Gasteiger partial charge in [0, 0.05) is 11.0 Å². The first-order valence-electron chi connectivity index (χ1n) is 4.44. The number of carbonyl (C=O) groups excluding carboxylic acids is 1. The highest BCUT2D eigenvalue weighted by molar-refractivity contribution is 6.07. The predicted molar refractivity (Wildman–Crippen MR) is 52.9 cm³/mol. The van der Waals surface area contributed by atoms with Crippen molar-refractivity contribution in [2.75, 3.05) is 0 Å². The summed E-state index contributed by atoms with van der Waals surface area (Å²) in [4.78, 5) is 11.5. The molecule has 0 aromatic heterocycles. The maximum absolute atomic E-state index is 11.5. The molecule has 0 spiro atoms.